The number of rotatable bonds is 7. The molecule has 0 saturated carbocycles. The van der Waals surface area contributed by atoms with Gasteiger partial charge < -0.3 is 18.8 Å². The Labute approximate surface area is 191 Å². The van der Waals surface area contributed by atoms with Gasteiger partial charge in [-0.2, -0.15) is 0 Å². The largest absolute Gasteiger partial charge is 0.497 e. The van der Waals surface area contributed by atoms with Crippen molar-refractivity contribution >= 4 is 28.5 Å². The summed E-state index contributed by atoms with van der Waals surface area (Å²) in [5, 5.41) is 0.855. The number of hydrogen-bond donors (Lipinski definition) is 0. The van der Waals surface area contributed by atoms with Crippen molar-refractivity contribution in [3.8, 4) is 5.75 Å². The fraction of sp³-hybridized carbons (Fsp3) is 0.360. The van der Waals surface area contributed by atoms with Crippen molar-refractivity contribution in [2.45, 2.75) is 39.3 Å². The number of amides is 1. The van der Waals surface area contributed by atoms with E-state index in [-0.39, 0.29) is 23.2 Å². The fourth-order valence-electron chi connectivity index (χ4n) is 4.06. The maximum Gasteiger partial charge on any atom is 0.290 e. The monoisotopic (exact) mass is 455 g/mol. The summed E-state index contributed by atoms with van der Waals surface area (Å²) in [6, 6.07) is 10.1. The number of benzene rings is 2. The molecule has 0 radical (unpaired) electrons. The highest BCUT2D eigenvalue weighted by molar-refractivity contribution is 6.32. The van der Waals surface area contributed by atoms with Gasteiger partial charge in [-0.3, -0.25) is 9.59 Å². The van der Waals surface area contributed by atoms with Crippen molar-refractivity contribution in [1.82, 2.24) is 4.90 Å². The van der Waals surface area contributed by atoms with Gasteiger partial charge in [0, 0.05) is 18.2 Å². The molecule has 1 aliphatic heterocycles. The van der Waals surface area contributed by atoms with Crippen LogP contribution in [0.15, 0.2) is 45.6 Å². The SMILES string of the molecule is COc1ccc(C2c3c(oc4cc(C)c(Cl)cc4c3=O)C(=O)N2CCCOC(C)C)cc1. The molecule has 0 fully saturated rings. The van der Waals surface area contributed by atoms with E-state index < -0.39 is 6.04 Å². The van der Waals surface area contributed by atoms with Crippen molar-refractivity contribution in [3.05, 3.63) is 74.1 Å². The molecule has 1 aliphatic rings. The molecule has 0 aliphatic carbocycles. The third-order valence-electron chi connectivity index (χ3n) is 5.67. The van der Waals surface area contributed by atoms with E-state index in [2.05, 4.69) is 0 Å². The van der Waals surface area contributed by atoms with Crippen molar-refractivity contribution < 1.29 is 18.7 Å². The molecule has 0 saturated heterocycles. The zero-order chi connectivity index (χ0) is 23.0. The second-order valence-corrected chi connectivity index (χ2v) is 8.63. The average Bonchev–Trinajstić information content (AvgIpc) is 3.05. The molecule has 0 spiro atoms. The van der Waals surface area contributed by atoms with Crippen molar-refractivity contribution in [1.29, 1.82) is 0 Å². The number of halogens is 1. The fourth-order valence-corrected chi connectivity index (χ4v) is 4.22. The molecule has 1 atom stereocenters. The number of fused-ring (bicyclic) bond motifs is 2. The molecule has 6 nitrogen and oxygen atoms in total. The molecule has 7 heteroatoms. The Bertz CT molecular complexity index is 1220. The van der Waals surface area contributed by atoms with Crippen LogP contribution in [-0.2, 0) is 4.74 Å². The number of aryl methyl sites for hydroxylation is 1. The van der Waals surface area contributed by atoms with Gasteiger partial charge in [0.1, 0.15) is 11.3 Å². The van der Waals surface area contributed by atoms with Crippen LogP contribution in [0.2, 0.25) is 5.02 Å². The zero-order valence-corrected chi connectivity index (χ0v) is 19.4. The van der Waals surface area contributed by atoms with E-state index in [0.717, 1.165) is 11.1 Å². The molecule has 2 heterocycles. The van der Waals surface area contributed by atoms with E-state index in [1.165, 1.54) is 0 Å². The standard InChI is InChI=1S/C25H26ClNO5/c1-14(2)31-11-5-10-27-22(16-6-8-17(30-4)9-7-16)21-23(28)18-13-19(26)15(3)12-20(18)32-24(21)25(27)29/h6-9,12-14,22H,5,10-11H2,1-4H3. The van der Waals surface area contributed by atoms with Gasteiger partial charge in [0.25, 0.3) is 5.91 Å². The lowest BCUT2D eigenvalue weighted by molar-refractivity contribution is 0.0593. The minimum absolute atomic E-state index is 0.0924. The maximum atomic E-state index is 13.6. The van der Waals surface area contributed by atoms with Gasteiger partial charge in [-0.25, -0.2) is 0 Å². The summed E-state index contributed by atoms with van der Waals surface area (Å²) in [6.07, 6.45) is 0.754. The highest BCUT2D eigenvalue weighted by Gasteiger charge is 2.42. The molecule has 4 rings (SSSR count). The second-order valence-electron chi connectivity index (χ2n) is 8.22. The molecular formula is C25H26ClNO5. The molecule has 2 aromatic carbocycles. The summed E-state index contributed by atoms with van der Waals surface area (Å²) in [6.45, 7) is 6.72. The summed E-state index contributed by atoms with van der Waals surface area (Å²) in [4.78, 5) is 28.6. The Balaban J connectivity index is 1.83. The lowest BCUT2D eigenvalue weighted by atomic mass is 9.98. The van der Waals surface area contributed by atoms with Crippen LogP contribution >= 0.6 is 11.6 Å². The van der Waals surface area contributed by atoms with E-state index in [1.807, 2.05) is 45.0 Å². The number of hydrogen-bond acceptors (Lipinski definition) is 5. The van der Waals surface area contributed by atoms with Gasteiger partial charge in [0.2, 0.25) is 5.76 Å². The smallest absolute Gasteiger partial charge is 0.290 e. The Morgan fingerprint density at radius 1 is 1.16 bits per heavy atom. The molecule has 32 heavy (non-hydrogen) atoms. The third kappa shape index (κ3) is 4.00. The first-order valence-corrected chi connectivity index (χ1v) is 11.0. The van der Waals surface area contributed by atoms with Crippen LogP contribution in [0.1, 0.15) is 53.6 Å². The first kappa shape index (κ1) is 22.4. The topological polar surface area (TPSA) is 69.0 Å². The summed E-state index contributed by atoms with van der Waals surface area (Å²) < 4.78 is 16.9. The number of carbonyl (C=O) groups excluding carboxylic acids is 1. The minimum Gasteiger partial charge on any atom is -0.497 e. The number of methoxy groups -OCH3 is 1. The van der Waals surface area contributed by atoms with E-state index in [9.17, 15) is 9.59 Å². The molecule has 168 valence electrons. The average molecular weight is 456 g/mol. The third-order valence-corrected chi connectivity index (χ3v) is 6.08. The summed E-state index contributed by atoms with van der Waals surface area (Å²) in [7, 11) is 1.59. The van der Waals surface area contributed by atoms with Crippen LogP contribution in [0.3, 0.4) is 0 Å². The van der Waals surface area contributed by atoms with Crippen LogP contribution < -0.4 is 10.2 Å². The first-order chi connectivity index (χ1) is 15.3. The summed E-state index contributed by atoms with van der Waals surface area (Å²) in [5.74, 6) is 0.495. The van der Waals surface area contributed by atoms with Crippen LogP contribution in [0.5, 0.6) is 5.75 Å². The van der Waals surface area contributed by atoms with Crippen molar-refractivity contribution in [3.63, 3.8) is 0 Å². The minimum atomic E-state index is -0.553. The van der Waals surface area contributed by atoms with E-state index in [1.54, 1.807) is 24.1 Å². The Morgan fingerprint density at radius 3 is 2.53 bits per heavy atom. The Morgan fingerprint density at radius 2 is 1.88 bits per heavy atom. The molecule has 1 unspecified atom stereocenters. The number of nitrogens with zero attached hydrogens (tertiary/aromatic N) is 1. The Hall–Kier alpha value is -2.83. The molecule has 0 N–H and O–H groups in total. The van der Waals surface area contributed by atoms with Gasteiger partial charge in [-0.1, -0.05) is 23.7 Å². The molecule has 1 aromatic heterocycles. The predicted octanol–water partition coefficient (Wildman–Crippen LogP) is 5.12. The lowest BCUT2D eigenvalue weighted by Gasteiger charge is -2.25. The lowest BCUT2D eigenvalue weighted by Crippen LogP contribution is -2.31. The van der Waals surface area contributed by atoms with Gasteiger partial charge in [0.15, 0.2) is 5.43 Å². The summed E-state index contributed by atoms with van der Waals surface area (Å²) in [5.41, 5.74) is 2.06. The van der Waals surface area contributed by atoms with Crippen molar-refractivity contribution in [2.24, 2.45) is 0 Å². The van der Waals surface area contributed by atoms with Gasteiger partial charge >= 0.3 is 0 Å². The molecule has 3 aromatic rings. The quantitative estimate of drug-likeness (QED) is 0.462. The summed E-state index contributed by atoms with van der Waals surface area (Å²) >= 11 is 6.28. The van der Waals surface area contributed by atoms with Crippen molar-refractivity contribution in [2.75, 3.05) is 20.3 Å². The van der Waals surface area contributed by atoms with Crippen LogP contribution in [0, 0.1) is 6.92 Å². The van der Waals surface area contributed by atoms with Crippen LogP contribution in [0.25, 0.3) is 11.0 Å². The second kappa shape index (κ2) is 8.96. The van der Waals surface area contributed by atoms with Gasteiger partial charge in [-0.05, 0) is 62.6 Å². The highest BCUT2D eigenvalue weighted by Crippen LogP contribution is 2.39. The highest BCUT2D eigenvalue weighted by atomic mass is 35.5. The number of ether oxygens (including phenoxy) is 2. The van der Waals surface area contributed by atoms with E-state index in [0.29, 0.717) is 46.9 Å². The molecule has 0 bridgehead atoms. The van der Waals surface area contributed by atoms with E-state index >= 15 is 0 Å². The van der Waals surface area contributed by atoms with Gasteiger partial charge in [0.05, 0.1) is 30.2 Å². The first-order valence-electron chi connectivity index (χ1n) is 10.6. The van der Waals surface area contributed by atoms with Gasteiger partial charge in [-0.15, -0.1) is 0 Å². The maximum absolute atomic E-state index is 13.6. The zero-order valence-electron chi connectivity index (χ0n) is 18.6. The van der Waals surface area contributed by atoms with Crippen LogP contribution in [-0.4, -0.2) is 37.2 Å². The van der Waals surface area contributed by atoms with E-state index in [4.69, 9.17) is 25.5 Å². The molecule has 1 amide bonds. The Kier molecular flexibility index (Phi) is 6.26. The predicted molar refractivity (Wildman–Crippen MR) is 124 cm³/mol. The number of carbonyl (C=O) groups is 1. The van der Waals surface area contributed by atoms with Crippen LogP contribution in [0.4, 0.5) is 0 Å². The normalized spacial score (nSPS) is 15.6. The molecular weight excluding hydrogens is 430 g/mol.